The minimum atomic E-state index is -1.35. The van der Waals surface area contributed by atoms with E-state index in [0.29, 0.717) is 6.42 Å². The van der Waals surface area contributed by atoms with Crippen molar-refractivity contribution >= 4 is 34.2 Å². The maximum atomic E-state index is 11.8. The molecule has 0 spiro atoms. The largest absolute Gasteiger partial charge is 0.616 e. The van der Waals surface area contributed by atoms with Gasteiger partial charge in [-0.05, 0) is 18.1 Å². The third-order valence-electron chi connectivity index (χ3n) is 2.81. The van der Waals surface area contributed by atoms with E-state index < -0.39 is 45.3 Å². The molecule has 0 aliphatic carbocycles. The maximum Gasteiger partial charge on any atom is 0.270 e. The quantitative estimate of drug-likeness (QED) is 0.342. The van der Waals surface area contributed by atoms with Gasteiger partial charge < -0.3 is 25.3 Å². The molecule has 9 heteroatoms. The van der Waals surface area contributed by atoms with Gasteiger partial charge in [0.25, 0.3) is 5.91 Å². The monoisotopic (exact) mass is 340 g/mol. The van der Waals surface area contributed by atoms with Gasteiger partial charge in [-0.15, -0.1) is 0 Å². The highest BCUT2D eigenvalue weighted by molar-refractivity contribution is 7.92. The Kier molecular flexibility index (Phi) is 10.9. The van der Waals surface area contributed by atoms with E-state index in [1.807, 2.05) is 0 Å². The van der Waals surface area contributed by atoms with Crippen molar-refractivity contribution in [2.24, 2.45) is 17.4 Å². The van der Waals surface area contributed by atoms with Gasteiger partial charge in [0.2, 0.25) is 5.91 Å². The number of rotatable bonds is 12. The van der Waals surface area contributed by atoms with E-state index in [0.717, 1.165) is 0 Å². The Morgan fingerprint density at radius 1 is 1.14 bits per heavy atom. The molecule has 0 aromatic rings. The molecule has 0 heterocycles. The summed E-state index contributed by atoms with van der Waals surface area (Å²) in [5.41, 5.74) is 10.2. The molecule has 124 valence electrons. The van der Waals surface area contributed by atoms with Crippen LogP contribution in [0.2, 0.25) is 0 Å². The predicted octanol–water partition coefficient (Wildman–Crippen LogP) is -1.11. The van der Waals surface area contributed by atoms with Crippen molar-refractivity contribution in [3.8, 4) is 0 Å². The second-order valence-electron chi connectivity index (χ2n) is 4.61. The molecule has 21 heavy (non-hydrogen) atoms. The van der Waals surface area contributed by atoms with Crippen LogP contribution in [0, 0.1) is 5.92 Å². The molecule has 0 radical (unpaired) electrons. The van der Waals surface area contributed by atoms with Crippen molar-refractivity contribution in [3.63, 3.8) is 0 Å². The van der Waals surface area contributed by atoms with Gasteiger partial charge in [-0.25, -0.2) is 0 Å². The normalized spacial score (nSPS) is 17.0. The van der Waals surface area contributed by atoms with Crippen molar-refractivity contribution in [1.29, 1.82) is 0 Å². The van der Waals surface area contributed by atoms with E-state index in [1.165, 1.54) is 0 Å². The van der Waals surface area contributed by atoms with Crippen LogP contribution in [0.15, 0.2) is 0 Å². The Morgan fingerprint density at radius 3 is 2.19 bits per heavy atom. The van der Waals surface area contributed by atoms with Crippen molar-refractivity contribution in [3.05, 3.63) is 0 Å². The van der Waals surface area contributed by atoms with Crippen LogP contribution in [0.5, 0.6) is 0 Å². The minimum Gasteiger partial charge on any atom is -0.616 e. The second kappa shape index (κ2) is 11.1. The molecule has 0 aliphatic rings. The highest BCUT2D eigenvalue weighted by Gasteiger charge is 2.26. The van der Waals surface area contributed by atoms with E-state index in [4.69, 9.17) is 16.2 Å². The molecule has 0 aromatic carbocycles. The molecule has 0 saturated heterocycles. The van der Waals surface area contributed by atoms with Crippen LogP contribution in [0.1, 0.15) is 20.3 Å². The lowest BCUT2D eigenvalue weighted by molar-refractivity contribution is -0.120. The first-order valence-electron chi connectivity index (χ1n) is 6.68. The van der Waals surface area contributed by atoms with Gasteiger partial charge in [0, 0.05) is 6.42 Å². The van der Waals surface area contributed by atoms with Gasteiger partial charge in [-0.3, -0.25) is 9.59 Å². The Balaban J connectivity index is 3.76. The Morgan fingerprint density at radius 2 is 1.71 bits per heavy atom. The molecule has 2 amide bonds. The van der Waals surface area contributed by atoms with Crippen LogP contribution in [-0.2, 0) is 36.7 Å². The first-order valence-corrected chi connectivity index (χ1v) is 9.55. The Hall–Kier alpha value is -0.480. The van der Waals surface area contributed by atoms with Gasteiger partial charge in [0.05, 0.1) is 19.1 Å². The third kappa shape index (κ3) is 9.20. The van der Waals surface area contributed by atoms with Gasteiger partial charge in [-0.1, -0.05) is 18.1 Å². The highest BCUT2D eigenvalue weighted by Crippen LogP contribution is 2.07. The number of carbonyl (C=O) groups excluding carboxylic acids is 2. The van der Waals surface area contributed by atoms with Gasteiger partial charge in [0.1, 0.15) is 17.3 Å². The lowest BCUT2D eigenvalue weighted by Gasteiger charge is -2.18. The van der Waals surface area contributed by atoms with Crippen LogP contribution in [0.4, 0.5) is 0 Å². The molecule has 0 rings (SSSR count). The fourth-order valence-corrected chi connectivity index (χ4v) is 3.89. The first-order chi connectivity index (χ1) is 9.79. The number of primary amides is 2. The molecule has 4 unspecified atom stereocenters. The van der Waals surface area contributed by atoms with E-state index in [2.05, 4.69) is 0 Å². The molecule has 7 nitrogen and oxygen atoms in total. The zero-order valence-electron chi connectivity index (χ0n) is 12.4. The predicted molar refractivity (Wildman–Crippen MR) is 83.3 cm³/mol. The maximum absolute atomic E-state index is 11.8. The van der Waals surface area contributed by atoms with E-state index in [9.17, 15) is 18.7 Å². The summed E-state index contributed by atoms with van der Waals surface area (Å²) in [7, 11) is 0. The van der Waals surface area contributed by atoms with Crippen molar-refractivity contribution in [1.82, 2.24) is 0 Å². The van der Waals surface area contributed by atoms with E-state index >= 15 is 0 Å². The molecule has 0 aliphatic heterocycles. The Labute approximate surface area is 131 Å². The van der Waals surface area contributed by atoms with Crippen LogP contribution < -0.4 is 11.5 Å². The topological polar surface area (TPSA) is 142 Å². The van der Waals surface area contributed by atoms with Gasteiger partial charge >= 0.3 is 0 Å². The molecule has 0 aromatic heterocycles. The molecular formula is C12H24N2O5S2. The van der Waals surface area contributed by atoms with Gasteiger partial charge in [0.15, 0.2) is 5.25 Å². The zero-order valence-corrected chi connectivity index (χ0v) is 14.0. The Bertz CT molecular complexity index is 333. The number of carbonyl (C=O) groups is 2. The standard InChI is InChI=1S/C12H24N2O5S2/c1-3-10(12(14)16)21(18)7-5-19-4-6-20(17)8-9(2)11(13)15/h9-10H,3-8H2,1-2H3,(H2,13,15)(H2,14,16). The molecule has 0 fully saturated rings. The van der Waals surface area contributed by atoms with Crippen LogP contribution in [0.25, 0.3) is 0 Å². The number of hydrogen-bond acceptors (Lipinski definition) is 5. The van der Waals surface area contributed by atoms with Gasteiger partial charge in [-0.2, -0.15) is 0 Å². The summed E-state index contributed by atoms with van der Waals surface area (Å²) in [5, 5.41) is -0.654. The summed E-state index contributed by atoms with van der Waals surface area (Å²) in [6.45, 7) is 3.82. The van der Waals surface area contributed by atoms with Crippen LogP contribution >= 0.6 is 0 Å². The average Bonchev–Trinajstić information content (AvgIpc) is 2.38. The second-order valence-corrected chi connectivity index (χ2v) is 7.97. The van der Waals surface area contributed by atoms with E-state index in [1.54, 1.807) is 13.8 Å². The van der Waals surface area contributed by atoms with E-state index in [-0.39, 0.29) is 30.5 Å². The summed E-state index contributed by atoms with van der Waals surface area (Å²) in [6.07, 6.45) is 0.428. The number of amides is 2. The minimum absolute atomic E-state index is 0.207. The summed E-state index contributed by atoms with van der Waals surface area (Å²) in [6, 6.07) is 0. The molecule has 4 N–H and O–H groups in total. The number of ether oxygens (including phenoxy) is 1. The SMILES string of the molecule is CCC(C(N)=O)[S+]([O-])CCOCC[S+]([O-])CC(C)C(N)=O. The third-order valence-corrected chi connectivity index (χ3v) is 6.07. The first kappa shape index (κ1) is 20.5. The zero-order chi connectivity index (χ0) is 16.4. The lowest BCUT2D eigenvalue weighted by Crippen LogP contribution is -2.37. The van der Waals surface area contributed by atoms with Crippen molar-refractivity contribution in [2.45, 2.75) is 25.5 Å². The fourth-order valence-electron chi connectivity index (χ4n) is 1.50. The smallest absolute Gasteiger partial charge is 0.270 e. The summed E-state index contributed by atoms with van der Waals surface area (Å²) >= 11 is -2.53. The number of nitrogens with two attached hydrogens (primary N) is 2. The summed E-state index contributed by atoms with van der Waals surface area (Å²) in [4.78, 5) is 21.8. The highest BCUT2D eigenvalue weighted by atomic mass is 32.2. The molecular weight excluding hydrogens is 316 g/mol. The average molecular weight is 340 g/mol. The van der Waals surface area contributed by atoms with Crippen LogP contribution in [-0.4, -0.2) is 56.6 Å². The lowest BCUT2D eigenvalue weighted by atomic mass is 10.2. The molecule has 4 atom stereocenters. The van der Waals surface area contributed by atoms with Crippen molar-refractivity contribution < 1.29 is 23.4 Å². The summed E-state index contributed by atoms with van der Waals surface area (Å²) < 4.78 is 28.6. The fraction of sp³-hybridized carbons (Fsp3) is 0.833. The molecule has 0 saturated carbocycles. The van der Waals surface area contributed by atoms with Crippen molar-refractivity contribution in [2.75, 3.05) is 30.5 Å². The van der Waals surface area contributed by atoms with Crippen LogP contribution in [0.3, 0.4) is 0 Å². The molecule has 0 bridgehead atoms. The summed E-state index contributed by atoms with van der Waals surface area (Å²) in [5.74, 6) is -0.763. The number of hydrogen-bond donors (Lipinski definition) is 2.